The van der Waals surface area contributed by atoms with Crippen molar-refractivity contribution in [3.05, 3.63) is 24.3 Å². The van der Waals surface area contributed by atoms with Crippen LogP contribution in [0.4, 0.5) is 11.4 Å². The first-order valence-electron chi connectivity index (χ1n) is 6.44. The maximum absolute atomic E-state index is 11.7. The van der Waals surface area contributed by atoms with Gasteiger partial charge in [0.1, 0.15) is 6.61 Å². The van der Waals surface area contributed by atoms with Gasteiger partial charge in [0.25, 0.3) is 0 Å². The molecule has 1 aromatic rings. The van der Waals surface area contributed by atoms with E-state index in [-0.39, 0.29) is 24.3 Å². The summed E-state index contributed by atoms with van der Waals surface area (Å²) in [4.78, 5) is 23.1. The van der Waals surface area contributed by atoms with Gasteiger partial charge in [-0.1, -0.05) is 13.0 Å². The number of methoxy groups -OCH3 is 1. The van der Waals surface area contributed by atoms with E-state index in [0.717, 1.165) is 0 Å². The van der Waals surface area contributed by atoms with Crippen LogP contribution in [0.2, 0.25) is 0 Å². The SMILES string of the molecule is COCC(=O)Nc1cccc(NC(=O)CC(C)CN)c1. The number of hydrogen-bond acceptors (Lipinski definition) is 4. The van der Waals surface area contributed by atoms with E-state index in [0.29, 0.717) is 24.3 Å². The zero-order valence-corrected chi connectivity index (χ0v) is 11.8. The van der Waals surface area contributed by atoms with Crippen molar-refractivity contribution < 1.29 is 14.3 Å². The van der Waals surface area contributed by atoms with Gasteiger partial charge < -0.3 is 21.1 Å². The molecule has 6 heteroatoms. The van der Waals surface area contributed by atoms with Crippen LogP contribution in [0.3, 0.4) is 0 Å². The molecule has 0 heterocycles. The molecule has 1 atom stereocenters. The number of hydrogen-bond donors (Lipinski definition) is 3. The highest BCUT2D eigenvalue weighted by molar-refractivity contribution is 5.94. The predicted octanol–water partition coefficient (Wildman–Crippen LogP) is 1.19. The van der Waals surface area contributed by atoms with E-state index in [1.807, 2.05) is 6.92 Å². The Morgan fingerprint density at radius 3 is 2.40 bits per heavy atom. The quantitative estimate of drug-likeness (QED) is 0.699. The minimum atomic E-state index is -0.243. The second-order valence-corrected chi connectivity index (χ2v) is 4.66. The molecule has 0 aliphatic heterocycles. The molecule has 6 nitrogen and oxygen atoms in total. The number of anilines is 2. The highest BCUT2D eigenvalue weighted by Gasteiger charge is 2.08. The molecule has 0 spiro atoms. The lowest BCUT2D eigenvalue weighted by molar-refractivity contribution is -0.119. The Morgan fingerprint density at radius 1 is 1.25 bits per heavy atom. The summed E-state index contributed by atoms with van der Waals surface area (Å²) in [5.41, 5.74) is 6.72. The molecule has 2 amide bonds. The fraction of sp³-hybridized carbons (Fsp3) is 0.429. The van der Waals surface area contributed by atoms with E-state index < -0.39 is 0 Å². The van der Waals surface area contributed by atoms with Crippen LogP contribution in [0.15, 0.2) is 24.3 Å². The number of carbonyl (C=O) groups is 2. The third-order valence-corrected chi connectivity index (χ3v) is 2.64. The van der Waals surface area contributed by atoms with E-state index in [4.69, 9.17) is 10.5 Å². The zero-order valence-electron chi connectivity index (χ0n) is 11.8. The van der Waals surface area contributed by atoms with Crippen molar-refractivity contribution in [3.63, 3.8) is 0 Å². The van der Waals surface area contributed by atoms with Crippen LogP contribution in [0, 0.1) is 5.92 Å². The minimum absolute atomic E-state index is 0.00932. The highest BCUT2D eigenvalue weighted by Crippen LogP contribution is 2.15. The maximum atomic E-state index is 11.7. The van der Waals surface area contributed by atoms with Crippen LogP contribution >= 0.6 is 0 Å². The molecule has 110 valence electrons. The van der Waals surface area contributed by atoms with Crippen molar-refractivity contribution in [1.82, 2.24) is 0 Å². The van der Waals surface area contributed by atoms with Crippen molar-refractivity contribution in [3.8, 4) is 0 Å². The molecule has 0 saturated heterocycles. The lowest BCUT2D eigenvalue weighted by atomic mass is 10.1. The van der Waals surface area contributed by atoms with Crippen LogP contribution in [0.1, 0.15) is 13.3 Å². The summed E-state index contributed by atoms with van der Waals surface area (Å²) in [6.45, 7) is 2.38. The van der Waals surface area contributed by atoms with Gasteiger partial charge in [0, 0.05) is 24.9 Å². The molecule has 1 aromatic carbocycles. The summed E-state index contributed by atoms with van der Waals surface area (Å²) in [5, 5.41) is 5.45. The summed E-state index contributed by atoms with van der Waals surface area (Å²) in [6, 6.07) is 6.95. The monoisotopic (exact) mass is 279 g/mol. The van der Waals surface area contributed by atoms with Gasteiger partial charge in [-0.3, -0.25) is 9.59 Å². The number of nitrogens with two attached hydrogens (primary N) is 1. The largest absolute Gasteiger partial charge is 0.375 e. The maximum Gasteiger partial charge on any atom is 0.250 e. The Kier molecular flexibility index (Phi) is 6.69. The molecule has 0 saturated carbocycles. The van der Waals surface area contributed by atoms with E-state index in [1.54, 1.807) is 24.3 Å². The number of carbonyl (C=O) groups excluding carboxylic acids is 2. The van der Waals surface area contributed by atoms with Crippen molar-refractivity contribution in [1.29, 1.82) is 0 Å². The van der Waals surface area contributed by atoms with Crippen LogP contribution in [0.5, 0.6) is 0 Å². The summed E-state index contributed by atoms with van der Waals surface area (Å²) >= 11 is 0. The van der Waals surface area contributed by atoms with Crippen LogP contribution in [-0.2, 0) is 14.3 Å². The normalized spacial score (nSPS) is 11.8. The molecule has 4 N–H and O–H groups in total. The molecule has 20 heavy (non-hydrogen) atoms. The number of rotatable bonds is 7. The van der Waals surface area contributed by atoms with Gasteiger partial charge in [-0.15, -0.1) is 0 Å². The first-order chi connectivity index (χ1) is 9.55. The van der Waals surface area contributed by atoms with Crippen LogP contribution in [0.25, 0.3) is 0 Å². The van der Waals surface area contributed by atoms with Crippen molar-refractivity contribution in [2.24, 2.45) is 11.7 Å². The van der Waals surface area contributed by atoms with E-state index in [2.05, 4.69) is 10.6 Å². The Morgan fingerprint density at radius 2 is 1.85 bits per heavy atom. The van der Waals surface area contributed by atoms with Gasteiger partial charge in [-0.25, -0.2) is 0 Å². The fourth-order valence-corrected chi connectivity index (χ4v) is 1.61. The van der Waals surface area contributed by atoms with Gasteiger partial charge >= 0.3 is 0 Å². The first kappa shape index (κ1) is 16.1. The second-order valence-electron chi connectivity index (χ2n) is 4.66. The number of ether oxygens (including phenoxy) is 1. The molecule has 0 fully saturated rings. The lowest BCUT2D eigenvalue weighted by Crippen LogP contribution is -2.20. The molecular formula is C14H21N3O3. The fourth-order valence-electron chi connectivity index (χ4n) is 1.61. The molecule has 1 unspecified atom stereocenters. The van der Waals surface area contributed by atoms with Crippen molar-refractivity contribution in [2.45, 2.75) is 13.3 Å². The number of amides is 2. The Labute approximate surface area is 118 Å². The molecule has 0 aromatic heterocycles. The van der Waals surface area contributed by atoms with Crippen LogP contribution in [-0.4, -0.2) is 32.1 Å². The molecule has 0 bridgehead atoms. The van der Waals surface area contributed by atoms with Gasteiger partial charge in [0.2, 0.25) is 11.8 Å². The van der Waals surface area contributed by atoms with Gasteiger partial charge in [0.15, 0.2) is 0 Å². The average Bonchev–Trinajstić information content (AvgIpc) is 2.38. The average molecular weight is 279 g/mol. The molecule has 0 aliphatic rings. The Bertz CT molecular complexity index is 463. The predicted molar refractivity (Wildman–Crippen MR) is 78.4 cm³/mol. The topological polar surface area (TPSA) is 93.5 Å². The molecule has 0 radical (unpaired) electrons. The van der Waals surface area contributed by atoms with Gasteiger partial charge in [-0.05, 0) is 30.7 Å². The highest BCUT2D eigenvalue weighted by atomic mass is 16.5. The van der Waals surface area contributed by atoms with E-state index in [9.17, 15) is 9.59 Å². The van der Waals surface area contributed by atoms with Gasteiger partial charge in [0.05, 0.1) is 0 Å². The van der Waals surface area contributed by atoms with Crippen LogP contribution < -0.4 is 16.4 Å². The first-order valence-corrected chi connectivity index (χ1v) is 6.44. The summed E-state index contributed by atoms with van der Waals surface area (Å²) in [6.07, 6.45) is 0.372. The molecular weight excluding hydrogens is 258 g/mol. The molecule has 0 aliphatic carbocycles. The van der Waals surface area contributed by atoms with Crippen molar-refractivity contribution >= 4 is 23.2 Å². The summed E-state index contributed by atoms with van der Waals surface area (Å²) < 4.78 is 4.73. The lowest BCUT2D eigenvalue weighted by Gasteiger charge is -2.10. The summed E-state index contributed by atoms with van der Waals surface area (Å²) in [7, 11) is 1.45. The van der Waals surface area contributed by atoms with E-state index >= 15 is 0 Å². The Hall–Kier alpha value is -1.92. The molecule has 1 rings (SSSR count). The Balaban J connectivity index is 2.59. The third kappa shape index (κ3) is 5.81. The standard InChI is InChI=1S/C14H21N3O3/c1-10(8-15)6-13(18)16-11-4-3-5-12(7-11)17-14(19)9-20-2/h3-5,7,10H,6,8-9,15H2,1-2H3,(H,16,18)(H,17,19). The second kappa shape index (κ2) is 8.29. The van der Waals surface area contributed by atoms with E-state index in [1.165, 1.54) is 7.11 Å². The minimum Gasteiger partial charge on any atom is -0.375 e. The van der Waals surface area contributed by atoms with Crippen molar-refractivity contribution in [2.75, 3.05) is 30.9 Å². The number of nitrogens with one attached hydrogen (secondary N) is 2. The zero-order chi connectivity index (χ0) is 15.0. The third-order valence-electron chi connectivity index (χ3n) is 2.64. The van der Waals surface area contributed by atoms with Gasteiger partial charge in [-0.2, -0.15) is 0 Å². The summed E-state index contributed by atoms with van der Waals surface area (Å²) in [5.74, 6) is -0.198. The number of benzene rings is 1. The smallest absolute Gasteiger partial charge is 0.250 e.